The average molecular weight is 308 g/mol. The molecule has 9 heteroatoms. The summed E-state index contributed by atoms with van der Waals surface area (Å²) >= 11 is 0. The Morgan fingerprint density at radius 1 is 1.68 bits per heavy atom. The lowest BCUT2D eigenvalue weighted by Crippen LogP contribution is -2.29. The third-order valence-electron chi connectivity index (χ3n) is 3.57. The van der Waals surface area contributed by atoms with E-state index in [4.69, 9.17) is 10.3 Å². The van der Waals surface area contributed by atoms with Crippen LogP contribution in [0.1, 0.15) is 31.6 Å². The van der Waals surface area contributed by atoms with Gasteiger partial charge in [0.15, 0.2) is 0 Å². The molecule has 0 saturated carbocycles. The van der Waals surface area contributed by atoms with Gasteiger partial charge in [0.25, 0.3) is 0 Å². The van der Waals surface area contributed by atoms with Gasteiger partial charge in [-0.1, -0.05) is 12.0 Å². The van der Waals surface area contributed by atoms with Gasteiger partial charge in [-0.3, -0.25) is 4.57 Å². The largest absolute Gasteiger partial charge is 0.394 e. The number of hydrogen-bond donors (Lipinski definition) is 2. The number of ether oxygens (including phenoxy) is 1. The molecule has 0 aromatic carbocycles. The second-order valence-corrected chi connectivity index (χ2v) is 5.21. The van der Waals surface area contributed by atoms with Crippen molar-refractivity contribution in [2.75, 3.05) is 18.5 Å². The van der Waals surface area contributed by atoms with Gasteiger partial charge in [0.2, 0.25) is 0 Å². The number of aromatic nitrogens is 2. The fourth-order valence-electron chi connectivity index (χ4n) is 2.43. The predicted octanol–water partition coefficient (Wildman–Crippen LogP) is 1.33. The molecule has 9 nitrogen and oxygen atoms in total. The van der Waals surface area contributed by atoms with E-state index < -0.39 is 24.1 Å². The molecule has 1 aliphatic rings. The number of nitrogens with zero attached hydrogens (tertiary/aromatic N) is 5. The molecule has 22 heavy (non-hydrogen) atoms. The zero-order valence-corrected chi connectivity index (χ0v) is 12.6. The highest BCUT2D eigenvalue weighted by Gasteiger charge is 2.35. The van der Waals surface area contributed by atoms with Gasteiger partial charge in [-0.2, -0.15) is 4.98 Å². The van der Waals surface area contributed by atoms with Crippen LogP contribution in [0, 0.1) is 6.92 Å². The molecule has 2 rings (SSSR count). The van der Waals surface area contributed by atoms with Crippen LogP contribution < -0.4 is 11.0 Å². The zero-order chi connectivity index (χ0) is 16.1. The summed E-state index contributed by atoms with van der Waals surface area (Å²) in [4.78, 5) is 18.9. The molecule has 2 heterocycles. The lowest BCUT2D eigenvalue weighted by molar-refractivity contribution is -0.0270. The maximum atomic E-state index is 12.2. The molecule has 0 radical (unpaired) electrons. The lowest BCUT2D eigenvalue weighted by atomic mass is 10.1. The Balaban J connectivity index is 2.24. The predicted molar refractivity (Wildman–Crippen MR) is 80.6 cm³/mol. The summed E-state index contributed by atoms with van der Waals surface area (Å²) in [5, 5.41) is 16.0. The van der Waals surface area contributed by atoms with E-state index in [-0.39, 0.29) is 6.61 Å². The normalized spacial score (nSPS) is 24.0. The summed E-state index contributed by atoms with van der Waals surface area (Å²) < 4.78 is 6.98. The maximum absolute atomic E-state index is 12.2. The first-order chi connectivity index (χ1) is 10.6. The van der Waals surface area contributed by atoms with Gasteiger partial charge in [-0.15, -0.1) is 0 Å². The highest BCUT2D eigenvalue weighted by atomic mass is 16.5. The first-order valence-corrected chi connectivity index (χ1v) is 7.24. The lowest BCUT2D eigenvalue weighted by Gasteiger charge is -2.16. The molecule has 0 bridgehead atoms. The van der Waals surface area contributed by atoms with Crippen LogP contribution in [0.25, 0.3) is 10.4 Å². The molecule has 2 N–H and O–H groups in total. The Morgan fingerprint density at radius 2 is 2.45 bits per heavy atom. The van der Waals surface area contributed by atoms with Crippen molar-refractivity contribution in [3.63, 3.8) is 0 Å². The molecule has 120 valence electrons. The molecule has 1 saturated heterocycles. The first-order valence-electron chi connectivity index (χ1n) is 7.24. The Morgan fingerprint density at radius 3 is 3.09 bits per heavy atom. The Labute approximate surface area is 127 Å². The van der Waals surface area contributed by atoms with Gasteiger partial charge in [-0.05, 0) is 18.9 Å². The quantitative estimate of drug-likeness (QED) is 0.466. The zero-order valence-electron chi connectivity index (χ0n) is 12.6. The highest BCUT2D eigenvalue weighted by Crippen LogP contribution is 2.30. The van der Waals surface area contributed by atoms with Crippen molar-refractivity contribution in [2.45, 2.75) is 45.1 Å². The number of aryl methyl sites for hydroxylation is 1. The monoisotopic (exact) mass is 308 g/mol. The van der Waals surface area contributed by atoms with Crippen LogP contribution >= 0.6 is 0 Å². The van der Waals surface area contributed by atoms with E-state index in [1.807, 2.05) is 13.8 Å². The fraction of sp³-hybridized carbons (Fsp3) is 0.692. The summed E-state index contributed by atoms with van der Waals surface area (Å²) in [6.45, 7) is 4.35. The molecule has 0 aliphatic carbocycles. The summed E-state index contributed by atoms with van der Waals surface area (Å²) in [5.41, 5.74) is 8.93. The molecular formula is C13H20N6O3. The summed E-state index contributed by atoms with van der Waals surface area (Å²) in [6, 6.07) is -0.495. The second kappa shape index (κ2) is 7.26. The van der Waals surface area contributed by atoms with Gasteiger partial charge in [0, 0.05) is 29.6 Å². The minimum atomic E-state index is -0.606. The number of nitrogens with one attached hydrogen (secondary N) is 1. The van der Waals surface area contributed by atoms with Crippen molar-refractivity contribution >= 4 is 5.82 Å². The average Bonchev–Trinajstić information content (AvgIpc) is 2.91. The van der Waals surface area contributed by atoms with E-state index in [9.17, 15) is 9.90 Å². The second-order valence-electron chi connectivity index (χ2n) is 5.21. The topological polar surface area (TPSA) is 125 Å². The molecule has 1 aliphatic heterocycles. The molecule has 1 aromatic heterocycles. The van der Waals surface area contributed by atoms with Crippen molar-refractivity contribution in [3.05, 3.63) is 32.7 Å². The number of anilines is 1. The van der Waals surface area contributed by atoms with Crippen LogP contribution in [-0.2, 0) is 4.74 Å². The van der Waals surface area contributed by atoms with E-state index in [1.165, 1.54) is 4.57 Å². The van der Waals surface area contributed by atoms with Crippen molar-refractivity contribution in [2.24, 2.45) is 5.11 Å². The molecule has 1 aromatic rings. The number of azide groups is 1. The summed E-state index contributed by atoms with van der Waals surface area (Å²) in [5.74, 6) is 0.561. The van der Waals surface area contributed by atoms with Crippen LogP contribution in [-0.4, -0.2) is 40.0 Å². The maximum Gasteiger partial charge on any atom is 0.351 e. The standard InChI is InChI=1S/C13H20N6O3/c1-3-4-15-12-8(2)6-19(13(21)16-12)11-5-9(17-18-14)10(7-20)22-11/h6,9-11,20H,3-5,7H2,1-2H3,(H,15,16,21)/t9-,10+,11+/m0/s1. The van der Waals surface area contributed by atoms with Gasteiger partial charge < -0.3 is 15.2 Å². The molecule has 3 atom stereocenters. The minimum Gasteiger partial charge on any atom is -0.394 e. The smallest absolute Gasteiger partial charge is 0.351 e. The third kappa shape index (κ3) is 3.38. The van der Waals surface area contributed by atoms with Crippen LogP contribution in [0.5, 0.6) is 0 Å². The third-order valence-corrected chi connectivity index (χ3v) is 3.57. The van der Waals surface area contributed by atoms with Crippen LogP contribution in [0.3, 0.4) is 0 Å². The molecule has 0 unspecified atom stereocenters. The Kier molecular flexibility index (Phi) is 5.37. The number of hydrogen-bond acceptors (Lipinski definition) is 6. The molecule has 0 amide bonds. The van der Waals surface area contributed by atoms with Crippen molar-refractivity contribution < 1.29 is 9.84 Å². The van der Waals surface area contributed by atoms with Crippen LogP contribution in [0.4, 0.5) is 5.82 Å². The van der Waals surface area contributed by atoms with Gasteiger partial charge >= 0.3 is 5.69 Å². The van der Waals surface area contributed by atoms with Crippen molar-refractivity contribution in [1.29, 1.82) is 0 Å². The van der Waals surface area contributed by atoms with E-state index in [2.05, 4.69) is 20.3 Å². The summed E-state index contributed by atoms with van der Waals surface area (Å²) in [7, 11) is 0. The van der Waals surface area contributed by atoms with Crippen molar-refractivity contribution in [3.8, 4) is 0 Å². The van der Waals surface area contributed by atoms with E-state index in [1.54, 1.807) is 6.20 Å². The van der Waals surface area contributed by atoms with E-state index in [0.29, 0.717) is 12.2 Å². The molecule has 0 spiro atoms. The first kappa shape index (κ1) is 16.3. The minimum absolute atomic E-state index is 0.266. The van der Waals surface area contributed by atoms with Gasteiger partial charge in [0.05, 0.1) is 18.8 Å². The van der Waals surface area contributed by atoms with E-state index in [0.717, 1.165) is 18.5 Å². The highest BCUT2D eigenvalue weighted by molar-refractivity contribution is 5.41. The van der Waals surface area contributed by atoms with E-state index >= 15 is 0 Å². The number of rotatable bonds is 6. The van der Waals surface area contributed by atoms with Crippen molar-refractivity contribution in [1.82, 2.24) is 9.55 Å². The molecular weight excluding hydrogens is 288 g/mol. The van der Waals surface area contributed by atoms with Gasteiger partial charge in [-0.25, -0.2) is 4.79 Å². The van der Waals surface area contributed by atoms with Gasteiger partial charge in [0.1, 0.15) is 12.0 Å². The SMILES string of the molecule is CCCNc1nc(=O)n([C@H]2C[C@H](N=[N+]=[N-])[C@@H](CO)O2)cc1C. The number of aliphatic hydroxyl groups excluding tert-OH is 1. The van der Waals surface area contributed by atoms with Crippen LogP contribution in [0.15, 0.2) is 16.1 Å². The molecule has 1 fully saturated rings. The fourth-order valence-corrected chi connectivity index (χ4v) is 2.43. The number of aliphatic hydroxyl groups is 1. The Hall–Kier alpha value is -2.09. The van der Waals surface area contributed by atoms with Crippen LogP contribution in [0.2, 0.25) is 0 Å². The summed E-state index contributed by atoms with van der Waals surface area (Å²) in [6.07, 6.45) is 1.74. The Bertz CT molecular complexity index is 625.